The molecule has 1 aliphatic heterocycles. The molecule has 4 heteroatoms. The predicted octanol–water partition coefficient (Wildman–Crippen LogP) is 2.73. The van der Waals surface area contributed by atoms with Crippen LogP contribution in [0.2, 0.25) is 0 Å². The second kappa shape index (κ2) is 4.25. The first-order valence-corrected chi connectivity index (χ1v) is 5.51. The first-order valence-electron chi connectivity index (χ1n) is 5.51. The van der Waals surface area contributed by atoms with E-state index in [1.165, 1.54) is 13.8 Å². The van der Waals surface area contributed by atoms with Crippen molar-refractivity contribution in [1.29, 1.82) is 5.26 Å². The van der Waals surface area contributed by atoms with Crippen molar-refractivity contribution in [2.75, 3.05) is 13.2 Å². The highest BCUT2D eigenvalue weighted by atomic mass is 19.1. The van der Waals surface area contributed by atoms with E-state index in [2.05, 4.69) is 0 Å². The fourth-order valence-electron chi connectivity index (χ4n) is 1.92. The molecular weight excluding hydrogens is 221 g/mol. The molecule has 1 aliphatic rings. The summed E-state index contributed by atoms with van der Waals surface area (Å²) < 4.78 is 24.9. The minimum Gasteiger partial charge on any atom is -0.486 e. The molecule has 0 radical (unpaired) electrons. The lowest BCUT2D eigenvalue weighted by Gasteiger charge is -2.24. The lowest BCUT2D eigenvalue weighted by molar-refractivity contribution is 0.168. The number of halogens is 1. The Morgan fingerprint density at radius 2 is 1.88 bits per heavy atom. The van der Waals surface area contributed by atoms with Crippen LogP contribution in [-0.4, -0.2) is 13.2 Å². The van der Waals surface area contributed by atoms with Gasteiger partial charge < -0.3 is 9.47 Å². The summed E-state index contributed by atoms with van der Waals surface area (Å²) in [5, 5.41) is 8.77. The van der Waals surface area contributed by atoms with Crippen molar-refractivity contribution >= 4 is 0 Å². The summed E-state index contributed by atoms with van der Waals surface area (Å²) in [6.45, 7) is 3.90. The molecule has 0 amide bonds. The molecule has 3 nitrogen and oxygen atoms in total. The Bertz CT molecular complexity index is 472. The van der Waals surface area contributed by atoms with Crippen LogP contribution in [-0.2, 0) is 12.1 Å². The van der Waals surface area contributed by atoms with Gasteiger partial charge in [0, 0.05) is 0 Å². The maximum absolute atomic E-state index is 14.1. The normalized spacial score (nSPS) is 14.2. The van der Waals surface area contributed by atoms with Crippen molar-refractivity contribution in [3.8, 4) is 17.6 Å². The van der Waals surface area contributed by atoms with E-state index in [1.54, 1.807) is 12.1 Å². The first kappa shape index (κ1) is 11.7. The molecule has 0 fully saturated rings. The summed E-state index contributed by atoms with van der Waals surface area (Å²) in [4.78, 5) is 0. The van der Waals surface area contributed by atoms with Gasteiger partial charge in [-0.25, -0.2) is 4.39 Å². The maximum atomic E-state index is 14.1. The predicted molar refractivity (Wildman–Crippen MR) is 60.9 cm³/mol. The second-order valence-electron chi connectivity index (χ2n) is 4.46. The van der Waals surface area contributed by atoms with Gasteiger partial charge in [0.25, 0.3) is 0 Å². The molecule has 1 aromatic rings. The zero-order chi connectivity index (χ0) is 12.5. The highest BCUT2D eigenvalue weighted by Gasteiger charge is 2.26. The van der Waals surface area contributed by atoms with Crippen LogP contribution in [0.3, 0.4) is 0 Å². The van der Waals surface area contributed by atoms with E-state index in [4.69, 9.17) is 14.7 Å². The van der Waals surface area contributed by atoms with Crippen LogP contribution in [0, 0.1) is 11.3 Å². The van der Waals surface area contributed by atoms with Gasteiger partial charge in [-0.2, -0.15) is 5.26 Å². The number of benzene rings is 1. The number of fused-ring (bicyclic) bond motifs is 1. The van der Waals surface area contributed by atoms with E-state index in [1.807, 2.05) is 6.07 Å². The van der Waals surface area contributed by atoms with Gasteiger partial charge >= 0.3 is 0 Å². The molecule has 0 aliphatic carbocycles. The molecule has 0 atom stereocenters. The Morgan fingerprint density at radius 1 is 1.29 bits per heavy atom. The van der Waals surface area contributed by atoms with Gasteiger partial charge in [-0.3, -0.25) is 0 Å². The van der Waals surface area contributed by atoms with Crippen LogP contribution in [0.15, 0.2) is 12.1 Å². The topological polar surface area (TPSA) is 42.2 Å². The summed E-state index contributed by atoms with van der Waals surface area (Å²) in [5.41, 5.74) is -0.352. The molecule has 0 N–H and O–H groups in total. The van der Waals surface area contributed by atoms with E-state index in [0.29, 0.717) is 35.8 Å². The summed E-state index contributed by atoms with van der Waals surface area (Å²) in [5.74, 6) is 1.15. The number of nitriles is 1. The van der Waals surface area contributed by atoms with Crippen LogP contribution in [0.1, 0.15) is 25.0 Å². The number of nitrogens with zero attached hydrogens (tertiary/aromatic N) is 1. The fourth-order valence-corrected chi connectivity index (χ4v) is 1.92. The Labute approximate surface area is 99.8 Å². The summed E-state index contributed by atoms with van der Waals surface area (Å²) >= 11 is 0. The SMILES string of the molecule is CC(C)(F)c1cc2c(cc1CC#N)OCCO2. The molecular formula is C13H14FNO2. The zero-order valence-corrected chi connectivity index (χ0v) is 9.92. The van der Waals surface area contributed by atoms with Gasteiger partial charge in [0.1, 0.15) is 18.9 Å². The van der Waals surface area contributed by atoms with Gasteiger partial charge in [-0.05, 0) is 37.1 Å². The van der Waals surface area contributed by atoms with Crippen molar-refractivity contribution in [1.82, 2.24) is 0 Å². The molecule has 0 unspecified atom stereocenters. The lowest BCUT2D eigenvalue weighted by atomic mass is 9.92. The highest BCUT2D eigenvalue weighted by molar-refractivity contribution is 5.50. The molecule has 1 aromatic carbocycles. The largest absolute Gasteiger partial charge is 0.486 e. The van der Waals surface area contributed by atoms with Crippen molar-refractivity contribution < 1.29 is 13.9 Å². The third-order valence-corrected chi connectivity index (χ3v) is 2.68. The number of ether oxygens (including phenoxy) is 2. The standard InChI is InChI=1S/C13H14FNO2/c1-13(2,14)10-8-12-11(16-5-6-17-12)7-9(10)3-4-15/h7-8H,3,5-6H2,1-2H3. The highest BCUT2D eigenvalue weighted by Crippen LogP contribution is 2.38. The Hall–Kier alpha value is -1.76. The van der Waals surface area contributed by atoms with Gasteiger partial charge in [0.2, 0.25) is 0 Å². The van der Waals surface area contributed by atoms with E-state index in [9.17, 15) is 4.39 Å². The van der Waals surface area contributed by atoms with E-state index in [-0.39, 0.29) is 6.42 Å². The van der Waals surface area contributed by atoms with Crippen molar-refractivity contribution in [2.45, 2.75) is 25.9 Å². The summed E-state index contributed by atoms with van der Waals surface area (Å²) in [6, 6.07) is 5.38. The van der Waals surface area contributed by atoms with E-state index in [0.717, 1.165) is 0 Å². The van der Waals surface area contributed by atoms with Crippen LogP contribution >= 0.6 is 0 Å². The van der Waals surface area contributed by atoms with Crippen LogP contribution < -0.4 is 9.47 Å². The average Bonchev–Trinajstić information content (AvgIpc) is 2.27. The van der Waals surface area contributed by atoms with Crippen LogP contribution in [0.25, 0.3) is 0 Å². The molecule has 0 aromatic heterocycles. The smallest absolute Gasteiger partial charge is 0.161 e. The average molecular weight is 235 g/mol. The molecule has 2 rings (SSSR count). The van der Waals surface area contributed by atoms with E-state index < -0.39 is 5.67 Å². The summed E-state index contributed by atoms with van der Waals surface area (Å²) in [7, 11) is 0. The van der Waals surface area contributed by atoms with Gasteiger partial charge in [0.15, 0.2) is 11.5 Å². The molecule has 17 heavy (non-hydrogen) atoms. The van der Waals surface area contributed by atoms with Crippen LogP contribution in [0.4, 0.5) is 4.39 Å². The Kier molecular flexibility index (Phi) is 2.93. The zero-order valence-electron chi connectivity index (χ0n) is 9.92. The molecule has 1 heterocycles. The molecule has 90 valence electrons. The number of hydrogen-bond acceptors (Lipinski definition) is 3. The quantitative estimate of drug-likeness (QED) is 0.791. The third kappa shape index (κ3) is 2.33. The fraction of sp³-hybridized carbons (Fsp3) is 0.462. The lowest BCUT2D eigenvalue weighted by Crippen LogP contribution is -2.18. The molecule has 0 spiro atoms. The molecule has 0 bridgehead atoms. The number of hydrogen-bond donors (Lipinski definition) is 0. The van der Waals surface area contributed by atoms with Gasteiger partial charge in [-0.15, -0.1) is 0 Å². The van der Waals surface area contributed by atoms with E-state index >= 15 is 0 Å². The van der Waals surface area contributed by atoms with Crippen molar-refractivity contribution in [2.24, 2.45) is 0 Å². The number of rotatable bonds is 2. The van der Waals surface area contributed by atoms with Crippen molar-refractivity contribution in [3.63, 3.8) is 0 Å². The number of alkyl halides is 1. The summed E-state index contributed by atoms with van der Waals surface area (Å²) in [6.07, 6.45) is 0.166. The Balaban J connectivity index is 2.53. The van der Waals surface area contributed by atoms with Crippen LogP contribution in [0.5, 0.6) is 11.5 Å². The third-order valence-electron chi connectivity index (χ3n) is 2.68. The van der Waals surface area contributed by atoms with Gasteiger partial charge in [-0.1, -0.05) is 0 Å². The minimum absolute atomic E-state index is 0.166. The second-order valence-corrected chi connectivity index (χ2v) is 4.46. The Morgan fingerprint density at radius 3 is 2.41 bits per heavy atom. The molecule has 0 saturated heterocycles. The van der Waals surface area contributed by atoms with Crippen molar-refractivity contribution in [3.05, 3.63) is 23.3 Å². The van der Waals surface area contributed by atoms with Gasteiger partial charge in [0.05, 0.1) is 12.5 Å². The monoisotopic (exact) mass is 235 g/mol. The molecule has 0 saturated carbocycles. The maximum Gasteiger partial charge on any atom is 0.161 e. The minimum atomic E-state index is -1.50. The first-order chi connectivity index (χ1) is 8.02.